The van der Waals surface area contributed by atoms with Crippen LogP contribution in [0.25, 0.3) is 0 Å². The predicted molar refractivity (Wildman–Crippen MR) is 107 cm³/mol. The van der Waals surface area contributed by atoms with E-state index in [1.807, 2.05) is 29.0 Å². The molecule has 0 radical (unpaired) electrons. The summed E-state index contributed by atoms with van der Waals surface area (Å²) in [6, 6.07) is 5.12. The standard InChI is InChI=1S/C20H24F3N3OS/c1-15-14-26(17-9-7-16(8-10-17)20(21,22)23)18(28-15)6-5-11-24-19(27)25-12-3-2-4-13-25/h6-10,14H,2-5,11-13H2,1H3,(H,24,27). The molecule has 0 aliphatic carbocycles. The highest BCUT2D eigenvalue weighted by Crippen LogP contribution is 2.40. The predicted octanol–water partition coefficient (Wildman–Crippen LogP) is 5.55. The summed E-state index contributed by atoms with van der Waals surface area (Å²) >= 11 is 1.57. The molecule has 8 heteroatoms. The highest BCUT2D eigenvalue weighted by molar-refractivity contribution is 8.07. The molecule has 1 N–H and O–H groups in total. The minimum Gasteiger partial charge on any atom is -0.338 e. The first kappa shape index (κ1) is 20.6. The molecular weight excluding hydrogens is 387 g/mol. The van der Waals surface area contributed by atoms with Gasteiger partial charge < -0.3 is 15.1 Å². The Labute approximate surface area is 167 Å². The molecule has 1 aromatic carbocycles. The smallest absolute Gasteiger partial charge is 0.338 e. The lowest BCUT2D eigenvalue weighted by molar-refractivity contribution is -0.137. The van der Waals surface area contributed by atoms with Gasteiger partial charge in [-0.3, -0.25) is 0 Å². The van der Waals surface area contributed by atoms with Crippen molar-refractivity contribution in [2.45, 2.75) is 38.8 Å². The Morgan fingerprint density at radius 2 is 1.86 bits per heavy atom. The monoisotopic (exact) mass is 411 g/mol. The molecule has 2 aliphatic heterocycles. The van der Waals surface area contributed by atoms with Gasteiger partial charge in [0.15, 0.2) is 0 Å². The average molecular weight is 411 g/mol. The summed E-state index contributed by atoms with van der Waals surface area (Å²) in [7, 11) is 0. The Hall–Kier alpha value is -2.09. The number of thioether (sulfide) groups is 1. The number of likely N-dealkylation sites (tertiary alicyclic amines) is 1. The zero-order valence-corrected chi connectivity index (χ0v) is 16.6. The molecule has 0 unspecified atom stereocenters. The summed E-state index contributed by atoms with van der Waals surface area (Å²) in [6.07, 6.45) is 3.52. The van der Waals surface area contributed by atoms with Crippen molar-refractivity contribution >= 4 is 23.5 Å². The molecule has 1 fully saturated rings. The Bertz CT molecular complexity index is 753. The zero-order valence-electron chi connectivity index (χ0n) is 15.8. The Morgan fingerprint density at radius 1 is 1.18 bits per heavy atom. The van der Waals surface area contributed by atoms with Gasteiger partial charge in [0.05, 0.1) is 10.6 Å². The van der Waals surface area contributed by atoms with Crippen molar-refractivity contribution in [1.82, 2.24) is 10.2 Å². The van der Waals surface area contributed by atoms with Crippen molar-refractivity contribution in [3.8, 4) is 0 Å². The fourth-order valence-corrected chi connectivity index (χ4v) is 4.17. The van der Waals surface area contributed by atoms with Gasteiger partial charge in [-0.05, 0) is 56.9 Å². The van der Waals surface area contributed by atoms with Crippen LogP contribution in [0.2, 0.25) is 0 Å². The molecule has 4 nitrogen and oxygen atoms in total. The Morgan fingerprint density at radius 3 is 2.50 bits per heavy atom. The third kappa shape index (κ3) is 5.25. The van der Waals surface area contributed by atoms with E-state index in [1.165, 1.54) is 18.6 Å². The van der Waals surface area contributed by atoms with Crippen LogP contribution >= 0.6 is 11.8 Å². The van der Waals surface area contributed by atoms with Crippen molar-refractivity contribution in [3.63, 3.8) is 0 Å². The number of nitrogens with zero attached hydrogens (tertiary/aromatic N) is 2. The number of hydrogen-bond acceptors (Lipinski definition) is 3. The summed E-state index contributed by atoms with van der Waals surface area (Å²) in [5.74, 6) is 0. The van der Waals surface area contributed by atoms with Gasteiger partial charge in [-0.1, -0.05) is 17.8 Å². The number of urea groups is 1. The molecule has 0 atom stereocenters. The first-order valence-electron chi connectivity index (χ1n) is 9.40. The number of benzene rings is 1. The quantitative estimate of drug-likeness (QED) is 0.660. The van der Waals surface area contributed by atoms with Crippen LogP contribution in [0.5, 0.6) is 0 Å². The highest BCUT2D eigenvalue weighted by atomic mass is 32.2. The Balaban J connectivity index is 1.57. The largest absolute Gasteiger partial charge is 0.416 e. The topological polar surface area (TPSA) is 35.6 Å². The lowest BCUT2D eigenvalue weighted by atomic mass is 10.1. The molecule has 3 rings (SSSR count). The van der Waals surface area contributed by atoms with Crippen LogP contribution in [-0.2, 0) is 6.18 Å². The second kappa shape index (κ2) is 8.94. The van der Waals surface area contributed by atoms with Crippen LogP contribution in [0, 0.1) is 0 Å². The summed E-state index contributed by atoms with van der Waals surface area (Å²) in [4.78, 5) is 16.9. The van der Waals surface area contributed by atoms with Crippen LogP contribution in [0.1, 0.15) is 38.2 Å². The normalized spacial score (nSPS) is 19.1. The van der Waals surface area contributed by atoms with Gasteiger partial charge in [-0.25, -0.2) is 4.79 Å². The van der Waals surface area contributed by atoms with E-state index in [2.05, 4.69) is 5.32 Å². The number of hydrogen-bond donors (Lipinski definition) is 1. The van der Waals surface area contributed by atoms with Crippen molar-refractivity contribution in [2.24, 2.45) is 0 Å². The molecule has 28 heavy (non-hydrogen) atoms. The molecule has 1 aromatic rings. The van der Waals surface area contributed by atoms with E-state index in [1.54, 1.807) is 11.8 Å². The lowest BCUT2D eigenvalue weighted by Crippen LogP contribution is -2.43. The van der Waals surface area contributed by atoms with Gasteiger partial charge >= 0.3 is 12.2 Å². The van der Waals surface area contributed by atoms with Crippen molar-refractivity contribution in [3.05, 3.63) is 52.0 Å². The minimum absolute atomic E-state index is 0.0222. The molecule has 0 spiro atoms. The number of rotatable bonds is 4. The van der Waals surface area contributed by atoms with E-state index < -0.39 is 11.7 Å². The van der Waals surface area contributed by atoms with Gasteiger partial charge in [0.1, 0.15) is 0 Å². The summed E-state index contributed by atoms with van der Waals surface area (Å²) in [5.41, 5.74) is 0.0238. The number of anilines is 1. The number of carbonyl (C=O) groups excluding carboxylic acids is 1. The van der Waals surface area contributed by atoms with E-state index >= 15 is 0 Å². The molecule has 2 amide bonds. The minimum atomic E-state index is -4.34. The number of allylic oxidation sites excluding steroid dienone is 1. The second-order valence-electron chi connectivity index (χ2n) is 6.87. The maximum absolute atomic E-state index is 12.8. The third-order valence-electron chi connectivity index (χ3n) is 4.67. The number of nitrogens with one attached hydrogen (secondary N) is 1. The molecule has 0 bridgehead atoms. The molecule has 0 aromatic heterocycles. The van der Waals surface area contributed by atoms with Gasteiger partial charge in [0, 0.05) is 36.4 Å². The summed E-state index contributed by atoms with van der Waals surface area (Å²) in [5, 5.41) is 3.87. The molecule has 152 valence electrons. The second-order valence-corrected chi connectivity index (χ2v) is 8.13. The maximum Gasteiger partial charge on any atom is 0.416 e. The van der Waals surface area contributed by atoms with E-state index in [-0.39, 0.29) is 6.03 Å². The van der Waals surface area contributed by atoms with Gasteiger partial charge in [-0.2, -0.15) is 13.2 Å². The molecule has 0 saturated carbocycles. The maximum atomic E-state index is 12.8. The highest BCUT2D eigenvalue weighted by Gasteiger charge is 2.30. The van der Waals surface area contributed by atoms with Crippen molar-refractivity contribution in [1.29, 1.82) is 0 Å². The fourth-order valence-electron chi connectivity index (χ4n) is 3.22. The van der Waals surface area contributed by atoms with E-state index in [9.17, 15) is 18.0 Å². The third-order valence-corrected chi connectivity index (χ3v) is 5.67. The van der Waals surface area contributed by atoms with Crippen LogP contribution in [0.3, 0.4) is 0 Å². The molecule has 1 saturated heterocycles. The summed E-state index contributed by atoms with van der Waals surface area (Å²) < 4.78 is 38.3. The summed E-state index contributed by atoms with van der Waals surface area (Å²) in [6.45, 7) is 4.11. The Kier molecular flexibility index (Phi) is 6.59. The van der Waals surface area contributed by atoms with Crippen molar-refractivity contribution in [2.75, 3.05) is 24.5 Å². The number of piperidine rings is 1. The fraction of sp³-hybridized carbons (Fsp3) is 0.450. The van der Waals surface area contributed by atoms with Crippen LogP contribution in [-0.4, -0.2) is 30.6 Å². The lowest BCUT2D eigenvalue weighted by Gasteiger charge is -2.26. The van der Waals surface area contributed by atoms with E-state index in [4.69, 9.17) is 0 Å². The average Bonchev–Trinajstić information content (AvgIpc) is 3.05. The van der Waals surface area contributed by atoms with Crippen LogP contribution in [0.4, 0.5) is 23.7 Å². The van der Waals surface area contributed by atoms with E-state index in [0.717, 1.165) is 48.0 Å². The molecular formula is C20H24F3N3OS. The van der Waals surface area contributed by atoms with Gasteiger partial charge in [0.2, 0.25) is 0 Å². The van der Waals surface area contributed by atoms with Crippen molar-refractivity contribution < 1.29 is 18.0 Å². The van der Waals surface area contributed by atoms with Crippen LogP contribution < -0.4 is 10.2 Å². The van der Waals surface area contributed by atoms with E-state index in [0.29, 0.717) is 18.7 Å². The molecule has 2 heterocycles. The number of alkyl halides is 3. The number of halogens is 3. The SMILES string of the molecule is CC1=CN(c2ccc(C(F)(F)F)cc2)C(=CCCNC(=O)N2CCCCC2)S1. The number of carbonyl (C=O) groups is 1. The zero-order chi connectivity index (χ0) is 20.1. The van der Waals surface area contributed by atoms with Gasteiger partial charge in [-0.15, -0.1) is 0 Å². The molecule has 2 aliphatic rings. The first-order valence-corrected chi connectivity index (χ1v) is 10.2. The van der Waals surface area contributed by atoms with Crippen LogP contribution in [0.15, 0.2) is 46.5 Å². The van der Waals surface area contributed by atoms with Gasteiger partial charge in [0.25, 0.3) is 0 Å². The number of amides is 2. The first-order chi connectivity index (χ1) is 13.3.